The van der Waals surface area contributed by atoms with Gasteiger partial charge in [0.1, 0.15) is 5.82 Å². The van der Waals surface area contributed by atoms with Crippen LogP contribution >= 0.6 is 12.4 Å². The van der Waals surface area contributed by atoms with Gasteiger partial charge in [0.2, 0.25) is 0 Å². The Balaban J connectivity index is 0.00000169. The summed E-state index contributed by atoms with van der Waals surface area (Å²) >= 11 is 0. The van der Waals surface area contributed by atoms with Gasteiger partial charge in [-0.3, -0.25) is 0 Å². The quantitative estimate of drug-likeness (QED) is 0.770. The number of halogens is 1. The molecule has 4 heteroatoms. The molecule has 1 aliphatic rings. The van der Waals surface area contributed by atoms with Gasteiger partial charge >= 0.3 is 0 Å². The lowest BCUT2D eigenvalue weighted by Gasteiger charge is -2.23. The van der Waals surface area contributed by atoms with Crippen LogP contribution in [0.4, 0.5) is 0 Å². The second-order valence-electron chi connectivity index (χ2n) is 6.55. The molecule has 0 aliphatic carbocycles. The predicted molar refractivity (Wildman–Crippen MR) is 102 cm³/mol. The van der Waals surface area contributed by atoms with E-state index in [1.54, 1.807) is 0 Å². The van der Waals surface area contributed by atoms with Crippen LogP contribution in [-0.2, 0) is 6.54 Å². The van der Waals surface area contributed by atoms with E-state index in [0.717, 1.165) is 25.2 Å². The van der Waals surface area contributed by atoms with Gasteiger partial charge < -0.3 is 9.88 Å². The maximum absolute atomic E-state index is 4.99. The highest BCUT2D eigenvalue weighted by atomic mass is 35.5. The van der Waals surface area contributed by atoms with Crippen molar-refractivity contribution >= 4 is 23.4 Å². The van der Waals surface area contributed by atoms with Gasteiger partial charge in [-0.2, -0.15) is 0 Å². The summed E-state index contributed by atoms with van der Waals surface area (Å²) in [4.78, 5) is 4.99. The lowest BCUT2D eigenvalue weighted by molar-refractivity contribution is 0.435. The number of fused-ring (bicyclic) bond motifs is 1. The van der Waals surface area contributed by atoms with Crippen LogP contribution in [0.15, 0.2) is 48.5 Å². The number of aromatic nitrogens is 2. The van der Waals surface area contributed by atoms with Crippen molar-refractivity contribution in [3.05, 3.63) is 65.5 Å². The first-order valence-corrected chi connectivity index (χ1v) is 8.53. The minimum absolute atomic E-state index is 0. The van der Waals surface area contributed by atoms with E-state index in [0.29, 0.717) is 5.92 Å². The molecule has 1 aromatic heterocycles. The number of para-hydroxylation sites is 2. The highest BCUT2D eigenvalue weighted by Gasteiger charge is 2.22. The molecule has 3 aromatic rings. The smallest absolute Gasteiger partial charge is 0.113 e. The molecule has 24 heavy (non-hydrogen) atoms. The number of benzene rings is 2. The van der Waals surface area contributed by atoms with Crippen LogP contribution in [0.25, 0.3) is 11.0 Å². The van der Waals surface area contributed by atoms with Crippen LogP contribution in [0.3, 0.4) is 0 Å². The normalized spacial score (nSPS) is 15.4. The second-order valence-corrected chi connectivity index (χ2v) is 6.55. The lowest BCUT2D eigenvalue weighted by Crippen LogP contribution is -2.28. The van der Waals surface area contributed by atoms with Gasteiger partial charge in [-0.15, -0.1) is 12.4 Å². The van der Waals surface area contributed by atoms with Crippen LogP contribution in [0.5, 0.6) is 0 Å². The van der Waals surface area contributed by atoms with Crippen LogP contribution in [0.1, 0.15) is 35.7 Å². The summed E-state index contributed by atoms with van der Waals surface area (Å²) in [5.74, 6) is 1.82. The first-order chi connectivity index (χ1) is 11.3. The number of aryl methyl sites for hydroxylation is 1. The van der Waals surface area contributed by atoms with Crippen molar-refractivity contribution < 1.29 is 0 Å². The van der Waals surface area contributed by atoms with Gasteiger partial charge in [-0.25, -0.2) is 4.98 Å². The third-order valence-electron chi connectivity index (χ3n) is 4.85. The molecule has 3 nitrogen and oxygen atoms in total. The number of nitrogens with one attached hydrogen (secondary N) is 1. The molecule has 4 rings (SSSR count). The molecule has 2 heterocycles. The van der Waals surface area contributed by atoms with E-state index < -0.39 is 0 Å². The average molecular weight is 342 g/mol. The Morgan fingerprint density at radius 2 is 1.75 bits per heavy atom. The molecule has 126 valence electrons. The molecule has 0 atom stereocenters. The summed E-state index contributed by atoms with van der Waals surface area (Å²) < 4.78 is 2.43. The molecular formula is C20H24ClN3. The third kappa shape index (κ3) is 3.33. The number of piperidine rings is 1. The number of rotatable bonds is 3. The average Bonchev–Trinajstić information content (AvgIpc) is 2.96. The number of nitrogens with zero attached hydrogens (tertiary/aromatic N) is 2. The molecule has 1 fully saturated rings. The fourth-order valence-corrected chi connectivity index (χ4v) is 3.53. The van der Waals surface area contributed by atoms with Crippen molar-refractivity contribution in [3.63, 3.8) is 0 Å². The predicted octanol–water partition coefficient (Wildman–Crippen LogP) is 4.28. The molecule has 0 radical (unpaired) electrons. The molecule has 1 saturated heterocycles. The van der Waals surface area contributed by atoms with Crippen molar-refractivity contribution in [2.45, 2.75) is 32.2 Å². The molecular weight excluding hydrogens is 318 g/mol. The highest BCUT2D eigenvalue weighted by molar-refractivity contribution is 5.85. The first kappa shape index (κ1) is 17.0. The maximum Gasteiger partial charge on any atom is 0.113 e. The van der Waals surface area contributed by atoms with Crippen molar-refractivity contribution in [1.29, 1.82) is 0 Å². The van der Waals surface area contributed by atoms with Crippen molar-refractivity contribution in [2.75, 3.05) is 13.1 Å². The van der Waals surface area contributed by atoms with E-state index in [2.05, 4.69) is 65.3 Å². The van der Waals surface area contributed by atoms with Crippen LogP contribution in [0.2, 0.25) is 0 Å². The SMILES string of the molecule is Cc1ccc(Cn2c(C3CCNCC3)nc3ccccc32)cc1.Cl. The fraction of sp³-hybridized carbons (Fsp3) is 0.350. The number of hydrogen-bond donors (Lipinski definition) is 1. The van der Waals surface area contributed by atoms with Crippen LogP contribution < -0.4 is 5.32 Å². The summed E-state index contributed by atoms with van der Waals surface area (Å²) in [5, 5.41) is 3.46. The highest BCUT2D eigenvalue weighted by Crippen LogP contribution is 2.29. The summed E-state index contributed by atoms with van der Waals surface area (Å²) in [6.07, 6.45) is 2.36. The van der Waals surface area contributed by atoms with E-state index in [9.17, 15) is 0 Å². The van der Waals surface area contributed by atoms with Gasteiger partial charge in [-0.05, 0) is 50.6 Å². The number of hydrogen-bond acceptors (Lipinski definition) is 2. The molecule has 0 unspecified atom stereocenters. The van der Waals surface area contributed by atoms with Gasteiger partial charge in [0.25, 0.3) is 0 Å². The Bertz CT molecular complexity index is 801. The Labute approximate surface area is 149 Å². The van der Waals surface area contributed by atoms with Crippen LogP contribution in [-0.4, -0.2) is 22.6 Å². The monoisotopic (exact) mass is 341 g/mol. The lowest BCUT2D eigenvalue weighted by atomic mass is 9.97. The van der Waals surface area contributed by atoms with Crippen molar-refractivity contribution in [3.8, 4) is 0 Å². The van der Waals surface area contributed by atoms with E-state index in [1.165, 1.54) is 35.3 Å². The molecule has 1 aliphatic heterocycles. The molecule has 0 saturated carbocycles. The van der Waals surface area contributed by atoms with Gasteiger partial charge in [0.15, 0.2) is 0 Å². The Kier molecular flexibility index (Phi) is 5.22. The van der Waals surface area contributed by atoms with Gasteiger partial charge in [0.05, 0.1) is 11.0 Å². The first-order valence-electron chi connectivity index (χ1n) is 8.53. The molecule has 0 spiro atoms. The van der Waals surface area contributed by atoms with Crippen molar-refractivity contribution in [2.24, 2.45) is 0 Å². The van der Waals surface area contributed by atoms with Crippen molar-refractivity contribution in [1.82, 2.24) is 14.9 Å². The zero-order chi connectivity index (χ0) is 15.6. The minimum atomic E-state index is 0. The fourth-order valence-electron chi connectivity index (χ4n) is 3.53. The standard InChI is InChI=1S/C20H23N3.ClH/c1-15-6-8-16(9-7-15)14-23-19-5-3-2-4-18(19)22-20(23)17-10-12-21-13-11-17;/h2-9,17,21H,10-14H2,1H3;1H. The van der Waals surface area contributed by atoms with Crippen LogP contribution in [0, 0.1) is 6.92 Å². The minimum Gasteiger partial charge on any atom is -0.323 e. The Hall–Kier alpha value is -1.84. The second kappa shape index (κ2) is 7.37. The summed E-state index contributed by atoms with van der Waals surface area (Å²) in [6, 6.07) is 17.4. The van der Waals surface area contributed by atoms with Gasteiger partial charge in [0, 0.05) is 12.5 Å². The molecule has 0 bridgehead atoms. The van der Waals surface area contributed by atoms with E-state index in [-0.39, 0.29) is 12.4 Å². The third-order valence-corrected chi connectivity index (χ3v) is 4.85. The zero-order valence-corrected chi connectivity index (χ0v) is 14.9. The summed E-state index contributed by atoms with van der Waals surface area (Å²) in [6.45, 7) is 5.23. The largest absolute Gasteiger partial charge is 0.323 e. The maximum atomic E-state index is 4.99. The zero-order valence-electron chi connectivity index (χ0n) is 14.0. The summed E-state index contributed by atoms with van der Waals surface area (Å²) in [5.41, 5.74) is 5.02. The van der Waals surface area contributed by atoms with E-state index in [4.69, 9.17) is 4.98 Å². The number of imidazole rings is 1. The topological polar surface area (TPSA) is 29.9 Å². The Morgan fingerprint density at radius 3 is 2.50 bits per heavy atom. The van der Waals surface area contributed by atoms with Gasteiger partial charge in [-0.1, -0.05) is 42.0 Å². The molecule has 0 amide bonds. The summed E-state index contributed by atoms with van der Waals surface area (Å²) in [7, 11) is 0. The van der Waals surface area contributed by atoms with E-state index in [1.807, 2.05) is 0 Å². The van der Waals surface area contributed by atoms with E-state index >= 15 is 0 Å². The molecule has 2 aromatic carbocycles. The molecule has 1 N–H and O–H groups in total. The Morgan fingerprint density at radius 1 is 1.04 bits per heavy atom.